The number of nitrogens with one attached hydrogen (secondary N) is 1. The van der Waals surface area contributed by atoms with E-state index < -0.39 is 17.2 Å². The van der Waals surface area contributed by atoms with Crippen molar-refractivity contribution < 1.29 is 13.2 Å². The Balaban J connectivity index is 2.44. The number of anilines is 2. The summed E-state index contributed by atoms with van der Waals surface area (Å²) in [6.07, 6.45) is -4.63. The molecule has 2 rings (SSSR count). The van der Waals surface area contributed by atoms with Crippen molar-refractivity contribution in [1.29, 1.82) is 5.26 Å². The zero-order chi connectivity index (χ0) is 15.6. The number of benzene rings is 1. The maximum absolute atomic E-state index is 12.7. The molecule has 0 bridgehead atoms. The van der Waals surface area contributed by atoms with Gasteiger partial charge >= 0.3 is 6.18 Å². The number of halogens is 4. The van der Waals surface area contributed by atoms with Crippen LogP contribution in [0, 0.1) is 18.3 Å². The fraction of sp³-hybridized carbons (Fsp3) is 0.154. The van der Waals surface area contributed by atoms with Gasteiger partial charge in [0.2, 0.25) is 5.28 Å². The second kappa shape index (κ2) is 5.58. The molecule has 0 aliphatic rings. The summed E-state index contributed by atoms with van der Waals surface area (Å²) in [6, 6.07) is 7.67. The highest BCUT2D eigenvalue weighted by molar-refractivity contribution is 6.28. The van der Waals surface area contributed by atoms with Crippen LogP contribution in [0.2, 0.25) is 5.28 Å². The quantitative estimate of drug-likeness (QED) is 0.849. The number of rotatable bonds is 2. The molecule has 1 aromatic carbocycles. The summed E-state index contributed by atoms with van der Waals surface area (Å²) in [7, 11) is 0. The Bertz CT molecular complexity index is 722. The van der Waals surface area contributed by atoms with Crippen LogP contribution in [0.4, 0.5) is 24.7 Å². The highest BCUT2D eigenvalue weighted by Gasteiger charge is 2.33. The SMILES string of the molecule is Cc1cccc(Nc2cc(C(F)(F)F)nc(Cl)n2)c1C#N. The first kappa shape index (κ1) is 15.1. The molecule has 0 spiro atoms. The molecule has 0 amide bonds. The van der Waals surface area contributed by atoms with E-state index in [4.69, 9.17) is 16.9 Å². The van der Waals surface area contributed by atoms with Gasteiger partial charge in [-0.15, -0.1) is 0 Å². The van der Waals surface area contributed by atoms with E-state index in [-0.39, 0.29) is 5.82 Å². The van der Waals surface area contributed by atoms with E-state index in [9.17, 15) is 13.2 Å². The summed E-state index contributed by atoms with van der Waals surface area (Å²) >= 11 is 5.50. The minimum absolute atomic E-state index is 0.135. The fourth-order valence-electron chi connectivity index (χ4n) is 1.69. The third kappa shape index (κ3) is 3.41. The minimum atomic E-state index is -4.63. The van der Waals surface area contributed by atoms with Crippen LogP contribution >= 0.6 is 11.6 Å². The molecule has 8 heteroatoms. The first-order chi connectivity index (χ1) is 9.81. The van der Waals surface area contributed by atoms with E-state index in [0.717, 1.165) is 6.07 Å². The molecule has 0 atom stereocenters. The molecular formula is C13H8ClF3N4. The van der Waals surface area contributed by atoms with Crippen LogP contribution in [0.3, 0.4) is 0 Å². The number of nitrogens with zero attached hydrogens (tertiary/aromatic N) is 3. The van der Waals surface area contributed by atoms with Crippen molar-refractivity contribution in [1.82, 2.24) is 9.97 Å². The molecule has 0 saturated heterocycles. The van der Waals surface area contributed by atoms with E-state index in [1.807, 2.05) is 6.07 Å². The van der Waals surface area contributed by atoms with Crippen molar-refractivity contribution in [2.75, 3.05) is 5.32 Å². The lowest BCUT2D eigenvalue weighted by molar-refractivity contribution is -0.141. The minimum Gasteiger partial charge on any atom is -0.339 e. The maximum Gasteiger partial charge on any atom is 0.433 e. The normalized spacial score (nSPS) is 11.0. The van der Waals surface area contributed by atoms with Crippen LogP contribution in [0.1, 0.15) is 16.8 Å². The molecule has 0 radical (unpaired) electrons. The standard InChI is InChI=1S/C13H8ClF3N4/c1-7-3-2-4-9(8(7)6-18)19-11-5-10(13(15,16)17)20-12(14)21-11/h2-5H,1H3,(H,19,20,21). The summed E-state index contributed by atoms with van der Waals surface area (Å²) in [5.41, 5.74) is 0.205. The van der Waals surface area contributed by atoms with Gasteiger partial charge in [0, 0.05) is 6.07 Å². The first-order valence-corrected chi connectivity index (χ1v) is 6.07. The van der Waals surface area contributed by atoms with Gasteiger partial charge in [-0.05, 0) is 30.2 Å². The van der Waals surface area contributed by atoms with Gasteiger partial charge in [0.05, 0.1) is 11.3 Å². The summed E-state index contributed by atoms with van der Waals surface area (Å²) in [5, 5.41) is 11.2. The van der Waals surface area contributed by atoms with Crippen LogP contribution in [0.15, 0.2) is 24.3 Å². The highest BCUT2D eigenvalue weighted by Crippen LogP contribution is 2.31. The molecule has 0 unspecified atom stereocenters. The zero-order valence-corrected chi connectivity index (χ0v) is 11.4. The molecule has 0 aliphatic carbocycles. The van der Waals surface area contributed by atoms with Gasteiger partial charge < -0.3 is 5.32 Å². The molecule has 2 aromatic rings. The number of hydrogen-bond donors (Lipinski definition) is 1. The smallest absolute Gasteiger partial charge is 0.339 e. The molecule has 0 fully saturated rings. The van der Waals surface area contributed by atoms with Gasteiger partial charge in [0.25, 0.3) is 0 Å². The molecule has 1 N–H and O–H groups in total. The average molecular weight is 313 g/mol. The fourth-order valence-corrected chi connectivity index (χ4v) is 1.87. The van der Waals surface area contributed by atoms with Crippen molar-refractivity contribution in [3.05, 3.63) is 46.4 Å². The van der Waals surface area contributed by atoms with Crippen LogP contribution in [0.5, 0.6) is 0 Å². The van der Waals surface area contributed by atoms with Gasteiger partial charge in [-0.3, -0.25) is 0 Å². The first-order valence-electron chi connectivity index (χ1n) is 5.70. The van der Waals surface area contributed by atoms with Crippen molar-refractivity contribution in [2.45, 2.75) is 13.1 Å². The Labute approximate surface area is 123 Å². The monoisotopic (exact) mass is 312 g/mol. The Morgan fingerprint density at radius 2 is 2.00 bits per heavy atom. The van der Waals surface area contributed by atoms with E-state index in [2.05, 4.69) is 15.3 Å². The largest absolute Gasteiger partial charge is 0.433 e. The topological polar surface area (TPSA) is 61.6 Å². The number of aromatic nitrogens is 2. The zero-order valence-electron chi connectivity index (χ0n) is 10.7. The highest BCUT2D eigenvalue weighted by atomic mass is 35.5. The molecule has 0 saturated carbocycles. The van der Waals surface area contributed by atoms with Gasteiger partial charge in [-0.2, -0.15) is 18.4 Å². The summed E-state index contributed by atoms with van der Waals surface area (Å²) < 4.78 is 38.0. The van der Waals surface area contributed by atoms with E-state index >= 15 is 0 Å². The van der Waals surface area contributed by atoms with E-state index in [1.165, 1.54) is 0 Å². The van der Waals surface area contributed by atoms with Gasteiger partial charge in [0.1, 0.15) is 11.9 Å². The number of alkyl halides is 3. The van der Waals surface area contributed by atoms with E-state index in [1.54, 1.807) is 25.1 Å². The van der Waals surface area contributed by atoms with Crippen LogP contribution in [-0.2, 0) is 6.18 Å². The third-order valence-electron chi connectivity index (χ3n) is 2.64. The van der Waals surface area contributed by atoms with Crippen molar-refractivity contribution >= 4 is 23.1 Å². The second-order valence-corrected chi connectivity index (χ2v) is 4.48. The molecule has 21 heavy (non-hydrogen) atoms. The molecule has 1 heterocycles. The lowest BCUT2D eigenvalue weighted by Crippen LogP contribution is -2.10. The van der Waals surface area contributed by atoms with Crippen LogP contribution in [-0.4, -0.2) is 9.97 Å². The lowest BCUT2D eigenvalue weighted by atomic mass is 10.1. The molecular weight excluding hydrogens is 305 g/mol. The molecule has 4 nitrogen and oxygen atoms in total. The Morgan fingerprint density at radius 3 is 2.62 bits per heavy atom. The Kier molecular flexibility index (Phi) is 4.00. The molecule has 108 valence electrons. The predicted octanol–water partition coefficient (Wildman–Crippen LogP) is 4.07. The predicted molar refractivity (Wildman–Crippen MR) is 71.2 cm³/mol. The Morgan fingerprint density at radius 1 is 1.29 bits per heavy atom. The van der Waals surface area contributed by atoms with Crippen molar-refractivity contribution in [3.63, 3.8) is 0 Å². The number of aryl methyl sites for hydroxylation is 1. The van der Waals surface area contributed by atoms with Gasteiger partial charge in [0.15, 0.2) is 5.69 Å². The third-order valence-corrected chi connectivity index (χ3v) is 2.81. The summed E-state index contributed by atoms with van der Waals surface area (Å²) in [5.74, 6) is -0.135. The second-order valence-electron chi connectivity index (χ2n) is 4.14. The summed E-state index contributed by atoms with van der Waals surface area (Å²) in [6.45, 7) is 1.72. The van der Waals surface area contributed by atoms with E-state index in [0.29, 0.717) is 16.8 Å². The maximum atomic E-state index is 12.7. The van der Waals surface area contributed by atoms with Crippen LogP contribution < -0.4 is 5.32 Å². The van der Waals surface area contributed by atoms with Gasteiger partial charge in [-0.1, -0.05) is 12.1 Å². The van der Waals surface area contributed by atoms with Crippen molar-refractivity contribution in [2.24, 2.45) is 0 Å². The van der Waals surface area contributed by atoms with Crippen molar-refractivity contribution in [3.8, 4) is 6.07 Å². The summed E-state index contributed by atoms with van der Waals surface area (Å²) in [4.78, 5) is 6.81. The lowest BCUT2D eigenvalue weighted by Gasteiger charge is -2.11. The van der Waals surface area contributed by atoms with Gasteiger partial charge in [-0.25, -0.2) is 9.97 Å². The van der Waals surface area contributed by atoms with Crippen LogP contribution in [0.25, 0.3) is 0 Å². The Hall–Kier alpha value is -2.33. The average Bonchev–Trinajstić information content (AvgIpc) is 2.37. The molecule has 0 aliphatic heterocycles. The number of nitriles is 1. The number of hydrogen-bond acceptors (Lipinski definition) is 4. The molecule has 1 aromatic heterocycles.